The van der Waals surface area contributed by atoms with Gasteiger partial charge in [0.2, 0.25) is 0 Å². The highest BCUT2D eigenvalue weighted by Crippen LogP contribution is 2.23. The van der Waals surface area contributed by atoms with Gasteiger partial charge in [0.25, 0.3) is 0 Å². The van der Waals surface area contributed by atoms with Crippen LogP contribution < -0.4 is 0 Å². The first kappa shape index (κ1) is 9.77. The van der Waals surface area contributed by atoms with E-state index >= 15 is 0 Å². The summed E-state index contributed by atoms with van der Waals surface area (Å²) in [6.07, 6.45) is 5.70. The summed E-state index contributed by atoms with van der Waals surface area (Å²) in [5, 5.41) is 11.2. The molecule has 0 aromatic rings. The molecule has 13 heavy (non-hydrogen) atoms. The number of rotatable bonds is 3. The Labute approximate surface area is 76.9 Å². The van der Waals surface area contributed by atoms with Crippen molar-refractivity contribution < 1.29 is 14.7 Å². The van der Waals surface area contributed by atoms with Crippen molar-refractivity contribution in [1.29, 1.82) is 0 Å². The van der Waals surface area contributed by atoms with Gasteiger partial charge >= 0.3 is 5.97 Å². The number of nitrogens with zero attached hydrogens (tertiary/aromatic N) is 1. The molecule has 4 heteroatoms. The molecule has 2 atom stereocenters. The molecule has 0 aromatic carbocycles. The summed E-state index contributed by atoms with van der Waals surface area (Å²) in [6, 6.07) is 0. The van der Waals surface area contributed by atoms with Crippen LogP contribution in [-0.4, -0.2) is 24.0 Å². The molecule has 1 N–H and O–H groups in total. The van der Waals surface area contributed by atoms with Crippen LogP contribution in [0.5, 0.6) is 0 Å². The second-order valence-corrected chi connectivity index (χ2v) is 2.91. The minimum Gasteiger partial charge on any atom is -0.466 e. The van der Waals surface area contributed by atoms with Gasteiger partial charge in [0.15, 0.2) is 0 Å². The lowest BCUT2D eigenvalue weighted by molar-refractivity contribution is -0.146. The summed E-state index contributed by atoms with van der Waals surface area (Å²) in [6.45, 7) is 2.19. The molecule has 0 bridgehead atoms. The molecule has 0 amide bonds. The zero-order chi connectivity index (χ0) is 9.68. The number of ether oxygens (including phenoxy) is 1. The predicted octanol–water partition coefficient (Wildman–Crippen LogP) is 1.20. The highest BCUT2D eigenvalue weighted by Gasteiger charge is 2.24. The topological polar surface area (TPSA) is 58.9 Å². The first-order chi connectivity index (χ1) is 6.27. The average molecular weight is 183 g/mol. The van der Waals surface area contributed by atoms with Crippen molar-refractivity contribution in [2.45, 2.75) is 13.3 Å². The van der Waals surface area contributed by atoms with Gasteiger partial charge in [-0.3, -0.25) is 4.79 Å². The molecule has 1 aliphatic rings. The van der Waals surface area contributed by atoms with Crippen LogP contribution in [-0.2, 0) is 9.53 Å². The zero-order valence-electron chi connectivity index (χ0n) is 7.51. The molecule has 0 saturated heterocycles. The van der Waals surface area contributed by atoms with Gasteiger partial charge in [0.1, 0.15) is 0 Å². The number of oxime groups is 1. The van der Waals surface area contributed by atoms with Crippen molar-refractivity contribution >= 4 is 12.2 Å². The van der Waals surface area contributed by atoms with E-state index in [1.54, 1.807) is 13.0 Å². The second-order valence-electron chi connectivity index (χ2n) is 2.91. The monoisotopic (exact) mass is 183 g/mol. The third-order valence-corrected chi connectivity index (χ3v) is 1.96. The van der Waals surface area contributed by atoms with E-state index in [2.05, 4.69) is 5.16 Å². The number of allylic oxidation sites excluding steroid dienone is 1. The van der Waals surface area contributed by atoms with Crippen LogP contribution in [0.15, 0.2) is 17.3 Å². The number of carbonyl (C=O) groups is 1. The van der Waals surface area contributed by atoms with Gasteiger partial charge in [-0.1, -0.05) is 12.2 Å². The molecule has 2 unspecified atom stereocenters. The maximum absolute atomic E-state index is 11.2. The van der Waals surface area contributed by atoms with Crippen LogP contribution in [0.4, 0.5) is 0 Å². The fraction of sp³-hybridized carbons (Fsp3) is 0.556. The van der Waals surface area contributed by atoms with E-state index in [0.29, 0.717) is 13.0 Å². The molecular weight excluding hydrogens is 170 g/mol. The molecule has 0 fully saturated rings. The Morgan fingerprint density at radius 2 is 2.54 bits per heavy atom. The van der Waals surface area contributed by atoms with E-state index < -0.39 is 0 Å². The summed E-state index contributed by atoms with van der Waals surface area (Å²) < 4.78 is 4.86. The Kier molecular flexibility index (Phi) is 3.49. The molecule has 0 aromatic heterocycles. The lowest BCUT2D eigenvalue weighted by Crippen LogP contribution is -2.15. The molecule has 72 valence electrons. The summed E-state index contributed by atoms with van der Waals surface area (Å²) in [5.41, 5.74) is 0. The third kappa shape index (κ3) is 2.57. The van der Waals surface area contributed by atoms with Crippen molar-refractivity contribution in [3.05, 3.63) is 12.2 Å². The van der Waals surface area contributed by atoms with Crippen molar-refractivity contribution in [3.8, 4) is 0 Å². The van der Waals surface area contributed by atoms with Gasteiger partial charge in [-0.2, -0.15) is 0 Å². The Morgan fingerprint density at radius 1 is 1.77 bits per heavy atom. The molecular formula is C9H13NO3. The van der Waals surface area contributed by atoms with Crippen molar-refractivity contribution in [3.63, 3.8) is 0 Å². The fourth-order valence-corrected chi connectivity index (χ4v) is 1.35. The van der Waals surface area contributed by atoms with Gasteiger partial charge in [0.05, 0.1) is 18.7 Å². The smallest absolute Gasteiger partial charge is 0.312 e. The second kappa shape index (κ2) is 4.64. The number of hydrogen-bond acceptors (Lipinski definition) is 4. The SMILES string of the molecule is CCOC(=O)C1C=CC(/C=N/O)C1. The van der Waals surface area contributed by atoms with Crippen LogP contribution in [0.2, 0.25) is 0 Å². The summed E-state index contributed by atoms with van der Waals surface area (Å²) in [4.78, 5) is 11.2. The number of esters is 1. The van der Waals surface area contributed by atoms with Crippen LogP contribution in [0, 0.1) is 11.8 Å². The standard InChI is InChI=1S/C9H13NO3/c1-2-13-9(11)8-4-3-7(5-8)6-10-12/h3-4,6-8,12H,2,5H2,1H3/b10-6+. The van der Waals surface area contributed by atoms with Crippen molar-refractivity contribution in [1.82, 2.24) is 0 Å². The molecule has 0 saturated carbocycles. The van der Waals surface area contributed by atoms with E-state index in [9.17, 15) is 4.79 Å². The normalized spacial score (nSPS) is 26.8. The maximum atomic E-state index is 11.2. The molecule has 1 aliphatic carbocycles. The fourth-order valence-electron chi connectivity index (χ4n) is 1.35. The summed E-state index contributed by atoms with van der Waals surface area (Å²) >= 11 is 0. The largest absolute Gasteiger partial charge is 0.466 e. The predicted molar refractivity (Wildman–Crippen MR) is 47.6 cm³/mol. The Morgan fingerprint density at radius 3 is 3.15 bits per heavy atom. The highest BCUT2D eigenvalue weighted by atomic mass is 16.5. The first-order valence-corrected chi connectivity index (χ1v) is 4.30. The van der Waals surface area contributed by atoms with Crippen LogP contribution >= 0.6 is 0 Å². The van der Waals surface area contributed by atoms with E-state index in [0.717, 1.165) is 0 Å². The van der Waals surface area contributed by atoms with Crippen molar-refractivity contribution in [2.24, 2.45) is 17.0 Å². The minimum absolute atomic E-state index is 0.0550. The highest BCUT2D eigenvalue weighted by molar-refractivity contribution is 5.77. The van der Waals surface area contributed by atoms with Gasteiger partial charge < -0.3 is 9.94 Å². The van der Waals surface area contributed by atoms with Gasteiger partial charge in [0, 0.05) is 5.92 Å². The first-order valence-electron chi connectivity index (χ1n) is 4.30. The van der Waals surface area contributed by atoms with E-state index in [1.807, 2.05) is 6.08 Å². The maximum Gasteiger partial charge on any atom is 0.312 e. The lowest BCUT2D eigenvalue weighted by atomic mass is 10.0. The van der Waals surface area contributed by atoms with Crippen molar-refractivity contribution in [2.75, 3.05) is 6.61 Å². The van der Waals surface area contributed by atoms with Gasteiger partial charge in [-0.05, 0) is 13.3 Å². The van der Waals surface area contributed by atoms with Crippen LogP contribution in [0.25, 0.3) is 0 Å². The Balaban J connectivity index is 2.42. The molecule has 1 rings (SSSR count). The van der Waals surface area contributed by atoms with Gasteiger partial charge in [-0.25, -0.2) is 0 Å². The van der Waals surface area contributed by atoms with E-state index in [-0.39, 0.29) is 17.8 Å². The Bertz CT molecular complexity index is 235. The molecule has 0 spiro atoms. The Hall–Kier alpha value is -1.32. The van der Waals surface area contributed by atoms with Gasteiger partial charge in [-0.15, -0.1) is 5.16 Å². The van der Waals surface area contributed by atoms with Crippen LogP contribution in [0.1, 0.15) is 13.3 Å². The van der Waals surface area contributed by atoms with E-state index in [1.165, 1.54) is 6.21 Å². The summed E-state index contributed by atoms with van der Waals surface area (Å²) in [7, 11) is 0. The van der Waals surface area contributed by atoms with E-state index in [4.69, 9.17) is 9.94 Å². The molecule has 0 aliphatic heterocycles. The molecule has 0 heterocycles. The summed E-state index contributed by atoms with van der Waals surface area (Å²) in [5.74, 6) is -0.324. The molecule has 0 radical (unpaired) electrons. The quantitative estimate of drug-likeness (QED) is 0.235. The molecule has 4 nitrogen and oxygen atoms in total. The zero-order valence-corrected chi connectivity index (χ0v) is 7.51. The number of carbonyl (C=O) groups excluding carboxylic acids is 1. The third-order valence-electron chi connectivity index (χ3n) is 1.96. The number of hydrogen-bond donors (Lipinski definition) is 1. The average Bonchev–Trinajstić information content (AvgIpc) is 2.54. The lowest BCUT2D eigenvalue weighted by Gasteiger charge is -2.07. The minimum atomic E-state index is -0.201. The van der Waals surface area contributed by atoms with Crippen LogP contribution in [0.3, 0.4) is 0 Å².